The Bertz CT molecular complexity index is 718. The number of rotatable bonds is 2. The lowest BCUT2D eigenvalue weighted by Gasteiger charge is -2.35. The first-order valence-electron chi connectivity index (χ1n) is 8.35. The van der Waals surface area contributed by atoms with E-state index in [0.29, 0.717) is 6.01 Å². The fourth-order valence-electron chi connectivity index (χ4n) is 3.39. The molecule has 1 aromatic heterocycles. The van der Waals surface area contributed by atoms with Gasteiger partial charge in [0.25, 0.3) is 6.01 Å². The van der Waals surface area contributed by atoms with Gasteiger partial charge >= 0.3 is 0 Å². The summed E-state index contributed by atoms with van der Waals surface area (Å²) >= 11 is 0. The fourth-order valence-corrected chi connectivity index (χ4v) is 3.39. The smallest absolute Gasteiger partial charge is 0.298 e. The number of nitrogens with zero attached hydrogens (tertiary/aromatic N) is 3. The van der Waals surface area contributed by atoms with Crippen molar-refractivity contribution in [2.24, 2.45) is 0 Å². The Balaban J connectivity index is 0.00000169. The molecule has 1 amide bonds. The summed E-state index contributed by atoms with van der Waals surface area (Å²) in [4.78, 5) is 21.1. The minimum absolute atomic E-state index is 0. The molecule has 2 aliphatic heterocycles. The number of carbonyl (C=O) groups excluding carboxylic acids is 1. The van der Waals surface area contributed by atoms with E-state index in [-0.39, 0.29) is 24.4 Å². The van der Waals surface area contributed by atoms with Crippen molar-refractivity contribution in [1.82, 2.24) is 15.2 Å². The highest BCUT2D eigenvalue weighted by molar-refractivity contribution is 5.85. The maximum atomic E-state index is 12.4. The minimum atomic E-state index is 0. The molecule has 1 atom stereocenters. The zero-order chi connectivity index (χ0) is 15.8. The van der Waals surface area contributed by atoms with E-state index in [1.165, 1.54) is 5.56 Å². The van der Waals surface area contributed by atoms with Crippen molar-refractivity contribution in [3.63, 3.8) is 0 Å². The van der Waals surface area contributed by atoms with Crippen LogP contribution in [-0.2, 0) is 4.79 Å². The molecule has 0 aliphatic carbocycles. The van der Waals surface area contributed by atoms with E-state index in [0.717, 1.165) is 56.7 Å². The number of carbonyl (C=O) groups is 1. The molecule has 0 bridgehead atoms. The van der Waals surface area contributed by atoms with Crippen LogP contribution in [0.2, 0.25) is 0 Å². The van der Waals surface area contributed by atoms with Gasteiger partial charge in [-0.05, 0) is 44.0 Å². The topological polar surface area (TPSA) is 61.6 Å². The number of nitrogens with one attached hydrogen (secondary N) is 1. The summed E-state index contributed by atoms with van der Waals surface area (Å²) in [5, 5.41) is 3.28. The summed E-state index contributed by atoms with van der Waals surface area (Å²) in [5.74, 6) is 0.246. The number of hydrogen-bond acceptors (Lipinski definition) is 5. The summed E-state index contributed by atoms with van der Waals surface area (Å²) in [7, 11) is 0. The van der Waals surface area contributed by atoms with Crippen LogP contribution in [0.25, 0.3) is 11.1 Å². The van der Waals surface area contributed by atoms with Crippen LogP contribution in [0.3, 0.4) is 0 Å². The predicted molar refractivity (Wildman–Crippen MR) is 95.8 cm³/mol. The quantitative estimate of drug-likeness (QED) is 0.897. The van der Waals surface area contributed by atoms with Crippen LogP contribution in [0.15, 0.2) is 22.6 Å². The first kappa shape index (κ1) is 17.0. The molecule has 1 aromatic carbocycles. The maximum Gasteiger partial charge on any atom is 0.298 e. The summed E-state index contributed by atoms with van der Waals surface area (Å²) in [6, 6.07) is 6.72. The van der Waals surface area contributed by atoms with Crippen molar-refractivity contribution < 1.29 is 9.21 Å². The number of fused-ring (bicyclic) bond motifs is 1. The molecule has 0 saturated carbocycles. The zero-order valence-corrected chi connectivity index (χ0v) is 14.6. The van der Waals surface area contributed by atoms with E-state index in [9.17, 15) is 4.79 Å². The van der Waals surface area contributed by atoms with Crippen molar-refractivity contribution in [2.45, 2.75) is 25.8 Å². The molecule has 1 unspecified atom stereocenters. The van der Waals surface area contributed by atoms with E-state index >= 15 is 0 Å². The van der Waals surface area contributed by atoms with E-state index in [1.807, 2.05) is 23.1 Å². The van der Waals surface area contributed by atoms with Crippen molar-refractivity contribution in [3.05, 3.63) is 23.8 Å². The summed E-state index contributed by atoms with van der Waals surface area (Å²) in [6.45, 7) is 6.01. The van der Waals surface area contributed by atoms with Crippen LogP contribution >= 0.6 is 12.4 Å². The molecule has 1 N–H and O–H groups in total. The normalized spacial score (nSPS) is 21.1. The third-order valence-corrected chi connectivity index (χ3v) is 4.75. The highest BCUT2D eigenvalue weighted by Gasteiger charge is 2.30. The third kappa shape index (κ3) is 3.21. The Morgan fingerprint density at radius 3 is 2.79 bits per heavy atom. The molecule has 2 aromatic rings. The van der Waals surface area contributed by atoms with Crippen molar-refractivity contribution >= 4 is 35.4 Å². The number of halogens is 1. The Kier molecular flexibility index (Phi) is 4.96. The number of aromatic nitrogens is 1. The van der Waals surface area contributed by atoms with Gasteiger partial charge in [0.05, 0.1) is 6.04 Å². The second kappa shape index (κ2) is 6.99. The number of benzene rings is 1. The van der Waals surface area contributed by atoms with Crippen LogP contribution < -0.4 is 10.2 Å². The highest BCUT2D eigenvalue weighted by atomic mass is 35.5. The van der Waals surface area contributed by atoms with Crippen LogP contribution in [0.1, 0.15) is 18.4 Å². The van der Waals surface area contributed by atoms with Crippen LogP contribution in [-0.4, -0.2) is 54.6 Å². The van der Waals surface area contributed by atoms with Gasteiger partial charge in [-0.1, -0.05) is 6.07 Å². The molecule has 6 nitrogen and oxygen atoms in total. The van der Waals surface area contributed by atoms with Gasteiger partial charge < -0.3 is 19.5 Å². The lowest BCUT2D eigenvalue weighted by Crippen LogP contribution is -2.53. The Hall–Kier alpha value is -1.79. The van der Waals surface area contributed by atoms with Gasteiger partial charge in [-0.2, -0.15) is 4.98 Å². The SMILES string of the molecule is Cc1ccc2oc(N3CCN(C(=O)C4CCCN4)CC3)nc2c1.Cl. The Morgan fingerprint density at radius 1 is 1.29 bits per heavy atom. The second-order valence-corrected chi connectivity index (χ2v) is 6.43. The maximum absolute atomic E-state index is 12.4. The van der Waals surface area contributed by atoms with Gasteiger partial charge in [0.2, 0.25) is 5.91 Å². The molecule has 4 rings (SSSR count). The summed E-state index contributed by atoms with van der Waals surface area (Å²) in [6.07, 6.45) is 2.06. The van der Waals surface area contributed by atoms with E-state index in [1.54, 1.807) is 0 Å². The van der Waals surface area contributed by atoms with Gasteiger partial charge in [0.15, 0.2) is 5.58 Å². The van der Waals surface area contributed by atoms with Crippen LogP contribution in [0.5, 0.6) is 0 Å². The lowest BCUT2D eigenvalue weighted by atomic mass is 10.2. The first-order chi connectivity index (χ1) is 11.2. The minimum Gasteiger partial charge on any atom is -0.423 e. The van der Waals surface area contributed by atoms with E-state index < -0.39 is 0 Å². The first-order valence-corrected chi connectivity index (χ1v) is 8.35. The van der Waals surface area contributed by atoms with Gasteiger partial charge in [-0.3, -0.25) is 4.79 Å². The molecule has 130 valence electrons. The van der Waals surface area contributed by atoms with E-state index in [2.05, 4.69) is 22.1 Å². The fraction of sp³-hybridized carbons (Fsp3) is 0.529. The standard InChI is InChI=1S/C17H22N4O2.ClH/c1-12-4-5-15-14(11-12)19-17(23-15)21-9-7-20(8-10-21)16(22)13-3-2-6-18-13;/h4-5,11,13,18H,2-3,6-10H2,1H3;1H. The average Bonchev–Trinajstić information content (AvgIpc) is 3.23. The number of anilines is 1. The van der Waals surface area contributed by atoms with Gasteiger partial charge in [-0.25, -0.2) is 0 Å². The second-order valence-electron chi connectivity index (χ2n) is 6.43. The summed E-state index contributed by atoms with van der Waals surface area (Å²) < 4.78 is 5.86. The third-order valence-electron chi connectivity index (χ3n) is 4.75. The monoisotopic (exact) mass is 350 g/mol. The number of aryl methyl sites for hydroxylation is 1. The molecule has 3 heterocycles. The molecule has 0 radical (unpaired) electrons. The van der Waals surface area contributed by atoms with Crippen molar-refractivity contribution in [1.29, 1.82) is 0 Å². The van der Waals surface area contributed by atoms with Crippen molar-refractivity contribution in [2.75, 3.05) is 37.6 Å². The van der Waals surface area contributed by atoms with Gasteiger partial charge in [0, 0.05) is 26.2 Å². The average molecular weight is 351 g/mol. The Labute approximate surface area is 147 Å². The highest BCUT2D eigenvalue weighted by Crippen LogP contribution is 2.24. The molecular formula is C17H23ClN4O2. The van der Waals surface area contributed by atoms with Crippen LogP contribution in [0.4, 0.5) is 6.01 Å². The molecular weight excluding hydrogens is 328 g/mol. The molecule has 0 spiro atoms. The van der Waals surface area contributed by atoms with Crippen LogP contribution in [0, 0.1) is 6.92 Å². The van der Waals surface area contributed by atoms with Gasteiger partial charge in [-0.15, -0.1) is 12.4 Å². The molecule has 2 fully saturated rings. The predicted octanol–water partition coefficient (Wildman–Crippen LogP) is 1.96. The number of hydrogen-bond donors (Lipinski definition) is 1. The number of oxazole rings is 1. The van der Waals surface area contributed by atoms with E-state index in [4.69, 9.17) is 4.42 Å². The molecule has 2 saturated heterocycles. The van der Waals surface area contributed by atoms with Gasteiger partial charge in [0.1, 0.15) is 5.52 Å². The molecule has 24 heavy (non-hydrogen) atoms. The zero-order valence-electron chi connectivity index (χ0n) is 13.8. The Morgan fingerprint density at radius 2 is 2.08 bits per heavy atom. The number of piperazine rings is 1. The summed E-state index contributed by atoms with van der Waals surface area (Å²) in [5.41, 5.74) is 2.89. The molecule has 7 heteroatoms. The number of amides is 1. The lowest BCUT2D eigenvalue weighted by molar-refractivity contribution is -0.133. The molecule has 2 aliphatic rings. The largest absolute Gasteiger partial charge is 0.423 e. The van der Waals surface area contributed by atoms with Crippen molar-refractivity contribution in [3.8, 4) is 0 Å².